The number of methoxy groups -OCH3 is 1. The van der Waals surface area contributed by atoms with Crippen LogP contribution < -0.4 is 0 Å². The number of ether oxygens (including phenoxy) is 1. The van der Waals surface area contributed by atoms with E-state index in [9.17, 15) is 4.79 Å². The van der Waals surface area contributed by atoms with Crippen molar-refractivity contribution in [3.63, 3.8) is 0 Å². The van der Waals surface area contributed by atoms with Crippen LogP contribution in [0, 0.1) is 17.8 Å². The van der Waals surface area contributed by atoms with Crippen LogP contribution in [-0.2, 0) is 9.53 Å². The molecule has 2 nitrogen and oxygen atoms in total. The van der Waals surface area contributed by atoms with Crippen molar-refractivity contribution in [2.75, 3.05) is 7.11 Å². The number of hydrogen-bond donors (Lipinski definition) is 0. The first-order chi connectivity index (χ1) is 7.47. The largest absolute Gasteiger partial charge is 0.469 e. The van der Waals surface area contributed by atoms with Crippen molar-refractivity contribution in [3.05, 3.63) is 0 Å². The lowest BCUT2D eigenvalue weighted by Crippen LogP contribution is -2.17. The van der Waals surface area contributed by atoms with Gasteiger partial charge in [0.1, 0.15) is 0 Å². The summed E-state index contributed by atoms with van der Waals surface area (Å²) >= 11 is 0. The fourth-order valence-corrected chi connectivity index (χ4v) is 1.85. The quantitative estimate of drug-likeness (QED) is 0.586. The van der Waals surface area contributed by atoms with E-state index in [1.165, 1.54) is 13.5 Å². The third-order valence-electron chi connectivity index (χ3n) is 2.96. The molecular formula is C14H28O2. The summed E-state index contributed by atoms with van der Waals surface area (Å²) in [4.78, 5) is 11.6. The van der Waals surface area contributed by atoms with E-state index in [0.29, 0.717) is 5.92 Å². The van der Waals surface area contributed by atoms with Crippen molar-refractivity contribution in [2.45, 2.75) is 59.8 Å². The first kappa shape index (κ1) is 15.5. The van der Waals surface area contributed by atoms with E-state index in [0.717, 1.165) is 31.6 Å². The van der Waals surface area contributed by atoms with E-state index in [4.69, 9.17) is 4.74 Å². The number of carbonyl (C=O) groups excluding carboxylic acids is 1. The van der Waals surface area contributed by atoms with Gasteiger partial charge in [-0.3, -0.25) is 4.79 Å². The second kappa shape index (κ2) is 8.60. The molecule has 1 atom stereocenters. The van der Waals surface area contributed by atoms with Crippen molar-refractivity contribution in [3.8, 4) is 0 Å². The maximum absolute atomic E-state index is 11.6. The molecule has 0 aromatic carbocycles. The summed E-state index contributed by atoms with van der Waals surface area (Å²) < 4.78 is 4.86. The molecule has 2 heteroatoms. The minimum atomic E-state index is -0.0237. The van der Waals surface area contributed by atoms with Crippen molar-refractivity contribution < 1.29 is 9.53 Å². The Kier molecular flexibility index (Phi) is 8.32. The SMILES string of the molecule is COC(=O)C(CCCC(C)C)CCC(C)C. The van der Waals surface area contributed by atoms with Gasteiger partial charge in [0, 0.05) is 0 Å². The third-order valence-corrected chi connectivity index (χ3v) is 2.96. The summed E-state index contributed by atoms with van der Waals surface area (Å²) in [5, 5.41) is 0. The summed E-state index contributed by atoms with van der Waals surface area (Å²) in [5.41, 5.74) is 0. The third kappa shape index (κ3) is 7.72. The van der Waals surface area contributed by atoms with Gasteiger partial charge in [0.15, 0.2) is 0 Å². The highest BCUT2D eigenvalue weighted by atomic mass is 16.5. The molecule has 0 radical (unpaired) electrons. The Labute approximate surface area is 101 Å². The lowest BCUT2D eigenvalue weighted by molar-refractivity contribution is -0.146. The highest BCUT2D eigenvalue weighted by Crippen LogP contribution is 2.20. The van der Waals surface area contributed by atoms with Gasteiger partial charge >= 0.3 is 5.97 Å². The highest BCUT2D eigenvalue weighted by molar-refractivity contribution is 5.72. The highest BCUT2D eigenvalue weighted by Gasteiger charge is 2.18. The van der Waals surface area contributed by atoms with Gasteiger partial charge in [-0.1, -0.05) is 47.0 Å². The summed E-state index contributed by atoms with van der Waals surface area (Å²) in [6.45, 7) is 8.84. The lowest BCUT2D eigenvalue weighted by Gasteiger charge is -2.16. The van der Waals surface area contributed by atoms with E-state index < -0.39 is 0 Å². The summed E-state index contributed by atoms with van der Waals surface area (Å²) in [6, 6.07) is 0. The van der Waals surface area contributed by atoms with Crippen LogP contribution in [0.15, 0.2) is 0 Å². The van der Waals surface area contributed by atoms with Crippen molar-refractivity contribution >= 4 is 5.97 Å². The minimum Gasteiger partial charge on any atom is -0.469 e. The molecule has 0 saturated heterocycles. The molecule has 0 heterocycles. The predicted octanol–water partition coefficient (Wildman–Crippen LogP) is 4.04. The molecule has 0 rings (SSSR count). The Morgan fingerprint density at radius 1 is 0.938 bits per heavy atom. The average Bonchev–Trinajstić information content (AvgIpc) is 2.21. The summed E-state index contributed by atoms with van der Waals surface area (Å²) in [7, 11) is 1.49. The molecule has 0 spiro atoms. The second-order valence-corrected chi connectivity index (χ2v) is 5.52. The van der Waals surface area contributed by atoms with Gasteiger partial charge < -0.3 is 4.74 Å². The molecule has 1 unspecified atom stereocenters. The average molecular weight is 228 g/mol. The lowest BCUT2D eigenvalue weighted by atomic mass is 9.92. The smallest absolute Gasteiger partial charge is 0.308 e. The normalized spacial score (nSPS) is 13.2. The van der Waals surface area contributed by atoms with Crippen LogP contribution in [0.1, 0.15) is 59.8 Å². The fraction of sp³-hybridized carbons (Fsp3) is 0.929. The van der Waals surface area contributed by atoms with Crippen LogP contribution in [0.5, 0.6) is 0 Å². The Hall–Kier alpha value is -0.530. The first-order valence-corrected chi connectivity index (χ1v) is 6.55. The maximum atomic E-state index is 11.6. The van der Waals surface area contributed by atoms with Gasteiger partial charge in [0.2, 0.25) is 0 Å². The van der Waals surface area contributed by atoms with Gasteiger partial charge in [-0.2, -0.15) is 0 Å². The predicted molar refractivity (Wildman–Crippen MR) is 68.3 cm³/mol. The van der Waals surface area contributed by atoms with Gasteiger partial charge in [-0.05, 0) is 24.7 Å². The molecule has 96 valence electrons. The first-order valence-electron chi connectivity index (χ1n) is 6.55. The van der Waals surface area contributed by atoms with Crippen LogP contribution in [0.4, 0.5) is 0 Å². The molecule has 0 N–H and O–H groups in total. The molecule has 0 amide bonds. The second-order valence-electron chi connectivity index (χ2n) is 5.52. The van der Waals surface area contributed by atoms with Crippen LogP contribution in [0.25, 0.3) is 0 Å². The number of esters is 1. The molecule has 0 aliphatic rings. The van der Waals surface area contributed by atoms with E-state index >= 15 is 0 Å². The molecule has 0 aromatic heterocycles. The Morgan fingerprint density at radius 2 is 1.50 bits per heavy atom. The fourth-order valence-electron chi connectivity index (χ4n) is 1.85. The van der Waals surface area contributed by atoms with Crippen LogP contribution >= 0.6 is 0 Å². The Morgan fingerprint density at radius 3 is 1.94 bits per heavy atom. The zero-order valence-electron chi connectivity index (χ0n) is 11.6. The van der Waals surface area contributed by atoms with E-state index in [1.807, 2.05) is 0 Å². The molecule has 0 aliphatic heterocycles. The van der Waals surface area contributed by atoms with Crippen LogP contribution in [-0.4, -0.2) is 13.1 Å². The number of carbonyl (C=O) groups is 1. The molecule has 0 saturated carbocycles. The zero-order chi connectivity index (χ0) is 12.6. The Balaban J connectivity index is 3.95. The van der Waals surface area contributed by atoms with Gasteiger partial charge in [0.05, 0.1) is 13.0 Å². The molecule has 0 aliphatic carbocycles. The van der Waals surface area contributed by atoms with E-state index in [2.05, 4.69) is 27.7 Å². The molecule has 0 aromatic rings. The van der Waals surface area contributed by atoms with Crippen molar-refractivity contribution in [1.29, 1.82) is 0 Å². The number of hydrogen-bond acceptors (Lipinski definition) is 2. The molecular weight excluding hydrogens is 200 g/mol. The van der Waals surface area contributed by atoms with E-state index in [1.54, 1.807) is 0 Å². The Bertz CT molecular complexity index is 185. The van der Waals surface area contributed by atoms with Crippen LogP contribution in [0.3, 0.4) is 0 Å². The maximum Gasteiger partial charge on any atom is 0.308 e. The summed E-state index contributed by atoms with van der Waals surface area (Å²) in [6.07, 6.45) is 5.41. The van der Waals surface area contributed by atoms with Crippen LogP contribution in [0.2, 0.25) is 0 Å². The van der Waals surface area contributed by atoms with Gasteiger partial charge in [-0.15, -0.1) is 0 Å². The van der Waals surface area contributed by atoms with Crippen molar-refractivity contribution in [2.24, 2.45) is 17.8 Å². The van der Waals surface area contributed by atoms with Gasteiger partial charge in [0.25, 0.3) is 0 Å². The van der Waals surface area contributed by atoms with Crippen molar-refractivity contribution in [1.82, 2.24) is 0 Å². The van der Waals surface area contributed by atoms with Gasteiger partial charge in [-0.25, -0.2) is 0 Å². The molecule has 0 bridgehead atoms. The zero-order valence-corrected chi connectivity index (χ0v) is 11.6. The summed E-state index contributed by atoms with van der Waals surface area (Å²) in [5.74, 6) is 1.48. The monoisotopic (exact) mass is 228 g/mol. The topological polar surface area (TPSA) is 26.3 Å². The standard InChI is InChI=1S/C14H28O2/c1-11(2)7-6-8-13(14(15)16-5)10-9-12(3)4/h11-13H,6-10H2,1-5H3. The number of rotatable bonds is 8. The minimum absolute atomic E-state index is 0.0237. The molecule has 16 heavy (non-hydrogen) atoms. The molecule has 0 fully saturated rings. The van der Waals surface area contributed by atoms with E-state index in [-0.39, 0.29) is 11.9 Å².